The van der Waals surface area contributed by atoms with Gasteiger partial charge >= 0.3 is 0 Å². The molecule has 0 aromatic carbocycles. The van der Waals surface area contributed by atoms with Gasteiger partial charge < -0.3 is 0 Å². The number of fused-ring (bicyclic) bond motifs is 1. The van der Waals surface area contributed by atoms with Gasteiger partial charge in [-0.05, 0) is 55.5 Å². The second-order valence-corrected chi connectivity index (χ2v) is 6.84. The van der Waals surface area contributed by atoms with Crippen LogP contribution in [0.4, 0.5) is 0 Å². The smallest absolute Gasteiger partial charge is 0.125 e. The fraction of sp³-hybridized carbons (Fsp3) is 0.211. The molecule has 3 nitrogen and oxygen atoms in total. The van der Waals surface area contributed by atoms with Crippen LogP contribution in [0.3, 0.4) is 0 Å². The Morgan fingerprint density at radius 1 is 1.13 bits per heavy atom. The zero-order valence-corrected chi connectivity index (χ0v) is 13.9. The number of thiazole rings is 1. The van der Waals surface area contributed by atoms with Gasteiger partial charge in [-0.2, -0.15) is 0 Å². The third-order valence-electron chi connectivity index (χ3n) is 4.18. The molecule has 1 aliphatic rings. The first-order chi connectivity index (χ1) is 11.2. The van der Waals surface area contributed by atoms with Crippen LogP contribution in [0.1, 0.15) is 29.8 Å². The van der Waals surface area contributed by atoms with E-state index in [0.717, 1.165) is 50.9 Å². The number of pyridine rings is 2. The summed E-state index contributed by atoms with van der Waals surface area (Å²) in [6.45, 7) is 6.23. The Labute approximate surface area is 139 Å². The number of nitrogens with zero attached hydrogens (tertiary/aromatic N) is 3. The minimum atomic E-state index is 0.990. The van der Waals surface area contributed by atoms with E-state index in [1.165, 1.54) is 12.0 Å². The molecule has 0 atom stereocenters. The van der Waals surface area contributed by atoms with Crippen molar-refractivity contribution in [3.63, 3.8) is 0 Å². The van der Waals surface area contributed by atoms with Gasteiger partial charge in [-0.3, -0.25) is 4.98 Å². The molecule has 0 N–H and O–H groups in total. The van der Waals surface area contributed by atoms with E-state index in [-0.39, 0.29) is 0 Å². The van der Waals surface area contributed by atoms with Crippen molar-refractivity contribution >= 4 is 16.9 Å². The Balaban J connectivity index is 1.78. The van der Waals surface area contributed by atoms with Crippen molar-refractivity contribution in [3.8, 4) is 21.1 Å². The molecule has 0 saturated heterocycles. The van der Waals surface area contributed by atoms with E-state index in [0.29, 0.717) is 0 Å². The average molecular weight is 319 g/mol. The molecule has 0 spiro atoms. The van der Waals surface area contributed by atoms with Crippen LogP contribution in [0, 0.1) is 6.92 Å². The molecule has 4 rings (SSSR count). The minimum absolute atomic E-state index is 0.990. The second kappa shape index (κ2) is 5.70. The summed E-state index contributed by atoms with van der Waals surface area (Å²) >= 11 is 1.67. The quantitative estimate of drug-likeness (QED) is 0.672. The standard InChI is InChI=1S/C19H17N3S/c1-12-5-3-6-14-8-9-16(22-17(12)14)18-13(2)21-19(23-18)15-7-4-10-20-11-15/h4,7-11H,1,3,5-6H2,2H3. The molecule has 0 unspecified atom stereocenters. The van der Waals surface area contributed by atoms with E-state index < -0.39 is 0 Å². The van der Waals surface area contributed by atoms with E-state index in [4.69, 9.17) is 9.97 Å². The maximum absolute atomic E-state index is 4.89. The van der Waals surface area contributed by atoms with E-state index >= 15 is 0 Å². The molecular formula is C19H17N3S. The molecule has 0 amide bonds. The highest BCUT2D eigenvalue weighted by Gasteiger charge is 2.17. The molecule has 0 aliphatic heterocycles. The molecule has 114 valence electrons. The van der Waals surface area contributed by atoms with Crippen LogP contribution < -0.4 is 0 Å². The van der Waals surface area contributed by atoms with Crippen LogP contribution in [0.25, 0.3) is 26.7 Å². The topological polar surface area (TPSA) is 38.7 Å². The van der Waals surface area contributed by atoms with E-state index in [1.807, 2.05) is 25.3 Å². The molecule has 23 heavy (non-hydrogen) atoms. The van der Waals surface area contributed by atoms with Gasteiger partial charge in [-0.25, -0.2) is 9.97 Å². The summed E-state index contributed by atoms with van der Waals surface area (Å²) in [5.74, 6) is 0. The summed E-state index contributed by atoms with van der Waals surface area (Å²) in [6, 6.07) is 8.29. The number of hydrogen-bond acceptors (Lipinski definition) is 4. The first kappa shape index (κ1) is 14.3. The first-order valence-electron chi connectivity index (χ1n) is 7.78. The highest BCUT2D eigenvalue weighted by Crippen LogP contribution is 2.36. The van der Waals surface area contributed by atoms with Crippen molar-refractivity contribution < 1.29 is 0 Å². The lowest BCUT2D eigenvalue weighted by Crippen LogP contribution is -2.04. The predicted molar refractivity (Wildman–Crippen MR) is 95.3 cm³/mol. The largest absolute Gasteiger partial charge is 0.264 e. The zero-order chi connectivity index (χ0) is 15.8. The maximum atomic E-state index is 4.89. The van der Waals surface area contributed by atoms with Crippen LogP contribution in [0.5, 0.6) is 0 Å². The molecular weight excluding hydrogens is 302 g/mol. The molecule has 3 aromatic heterocycles. The van der Waals surface area contributed by atoms with Crippen molar-refractivity contribution in [2.75, 3.05) is 0 Å². The highest BCUT2D eigenvalue weighted by molar-refractivity contribution is 7.18. The van der Waals surface area contributed by atoms with Gasteiger partial charge in [0.15, 0.2) is 0 Å². The van der Waals surface area contributed by atoms with Gasteiger partial charge in [0.1, 0.15) is 5.01 Å². The lowest BCUT2D eigenvalue weighted by atomic mass is 9.92. The highest BCUT2D eigenvalue weighted by atomic mass is 32.1. The summed E-state index contributed by atoms with van der Waals surface area (Å²) in [5.41, 5.74) is 6.63. The molecule has 1 aliphatic carbocycles. The Kier molecular flexibility index (Phi) is 3.54. The van der Waals surface area contributed by atoms with Crippen molar-refractivity contribution in [3.05, 3.63) is 60.2 Å². The fourth-order valence-corrected chi connectivity index (χ4v) is 4.01. The predicted octanol–water partition coefficient (Wildman–Crippen LogP) is 4.93. The molecule has 3 heterocycles. The Morgan fingerprint density at radius 3 is 2.87 bits per heavy atom. The van der Waals surface area contributed by atoms with Crippen LogP contribution in [-0.4, -0.2) is 15.0 Å². The summed E-state index contributed by atoms with van der Waals surface area (Å²) < 4.78 is 0. The first-order valence-corrected chi connectivity index (χ1v) is 8.60. The Morgan fingerprint density at radius 2 is 2.04 bits per heavy atom. The van der Waals surface area contributed by atoms with Crippen LogP contribution >= 0.6 is 11.3 Å². The van der Waals surface area contributed by atoms with Gasteiger partial charge in [0.2, 0.25) is 0 Å². The SMILES string of the molecule is C=C1CCCc2ccc(-c3sc(-c4cccnc4)nc3C)nc21. The lowest BCUT2D eigenvalue weighted by Gasteiger charge is -2.17. The van der Waals surface area contributed by atoms with E-state index in [1.54, 1.807) is 17.5 Å². The second-order valence-electron chi connectivity index (χ2n) is 5.84. The van der Waals surface area contributed by atoms with Crippen molar-refractivity contribution in [1.82, 2.24) is 15.0 Å². The van der Waals surface area contributed by atoms with Gasteiger partial charge in [0.05, 0.1) is 22.0 Å². The van der Waals surface area contributed by atoms with Crippen LogP contribution in [0.2, 0.25) is 0 Å². The third kappa shape index (κ3) is 2.59. The summed E-state index contributed by atoms with van der Waals surface area (Å²) in [4.78, 5) is 14.9. The summed E-state index contributed by atoms with van der Waals surface area (Å²) in [7, 11) is 0. The summed E-state index contributed by atoms with van der Waals surface area (Å²) in [6.07, 6.45) is 6.96. The number of aryl methyl sites for hydroxylation is 2. The van der Waals surface area contributed by atoms with E-state index in [2.05, 4.69) is 23.7 Å². The Bertz CT molecular complexity index is 881. The van der Waals surface area contributed by atoms with Crippen molar-refractivity contribution in [2.24, 2.45) is 0 Å². The monoisotopic (exact) mass is 319 g/mol. The van der Waals surface area contributed by atoms with Gasteiger partial charge in [0, 0.05) is 18.0 Å². The van der Waals surface area contributed by atoms with Gasteiger partial charge in [0.25, 0.3) is 0 Å². The lowest BCUT2D eigenvalue weighted by molar-refractivity contribution is 0.811. The zero-order valence-electron chi connectivity index (χ0n) is 13.0. The number of aromatic nitrogens is 3. The van der Waals surface area contributed by atoms with E-state index in [9.17, 15) is 0 Å². The molecule has 0 radical (unpaired) electrons. The fourth-order valence-electron chi connectivity index (χ4n) is 2.98. The number of hydrogen-bond donors (Lipinski definition) is 0. The molecule has 3 aromatic rings. The normalized spacial score (nSPS) is 13.9. The maximum Gasteiger partial charge on any atom is 0.125 e. The van der Waals surface area contributed by atoms with Crippen molar-refractivity contribution in [2.45, 2.75) is 26.2 Å². The average Bonchev–Trinajstić information content (AvgIpc) is 2.98. The molecule has 0 saturated carbocycles. The van der Waals surface area contributed by atoms with Crippen molar-refractivity contribution in [1.29, 1.82) is 0 Å². The minimum Gasteiger partial charge on any atom is -0.264 e. The molecule has 0 bridgehead atoms. The number of rotatable bonds is 2. The molecule has 4 heteroatoms. The Hall–Kier alpha value is -2.33. The van der Waals surface area contributed by atoms with Gasteiger partial charge in [-0.1, -0.05) is 12.6 Å². The van der Waals surface area contributed by atoms with Crippen LogP contribution in [-0.2, 0) is 6.42 Å². The summed E-state index contributed by atoms with van der Waals surface area (Å²) in [5, 5.41) is 0.990. The number of allylic oxidation sites excluding steroid dienone is 1. The molecule has 0 fully saturated rings. The van der Waals surface area contributed by atoms with Crippen LogP contribution in [0.15, 0.2) is 43.2 Å². The van der Waals surface area contributed by atoms with Gasteiger partial charge in [-0.15, -0.1) is 11.3 Å². The third-order valence-corrected chi connectivity index (χ3v) is 5.41.